The molecule has 0 spiro atoms. The number of nitrogens with zero attached hydrogens (tertiary/aromatic N) is 3. The van der Waals surface area contributed by atoms with Gasteiger partial charge >= 0.3 is 5.97 Å². The molecular formula is C16H17N3O2. The van der Waals surface area contributed by atoms with Crippen LogP contribution in [0.5, 0.6) is 0 Å². The average Bonchev–Trinajstić information content (AvgIpc) is 2.45. The number of carboxylic acids is 1. The third-order valence-corrected chi connectivity index (χ3v) is 3.77. The molecule has 0 radical (unpaired) electrons. The van der Waals surface area contributed by atoms with Gasteiger partial charge in [-0.25, -0.2) is 9.97 Å². The molecule has 5 nitrogen and oxygen atoms in total. The van der Waals surface area contributed by atoms with Crippen molar-refractivity contribution in [3.8, 4) is 0 Å². The fourth-order valence-corrected chi connectivity index (χ4v) is 2.85. The molecule has 0 fully saturated rings. The minimum Gasteiger partial charge on any atom is -0.481 e. The van der Waals surface area contributed by atoms with Crippen LogP contribution in [0.3, 0.4) is 0 Å². The highest BCUT2D eigenvalue weighted by Crippen LogP contribution is 2.31. The molecule has 108 valence electrons. The zero-order valence-corrected chi connectivity index (χ0v) is 12.1. The standard InChI is InChI=1S/C16H17N3O2/c1-10-7-15(18-11(2)17-10)19-8-12-5-3-4-6-13(12)14(9-19)16(20)21/h3-7,14H,8-9H2,1-2H3,(H,20,21). The van der Waals surface area contributed by atoms with Crippen molar-refractivity contribution in [1.29, 1.82) is 0 Å². The van der Waals surface area contributed by atoms with Crippen molar-refractivity contribution in [3.05, 3.63) is 53.0 Å². The quantitative estimate of drug-likeness (QED) is 0.916. The highest BCUT2D eigenvalue weighted by molar-refractivity contribution is 5.78. The van der Waals surface area contributed by atoms with Gasteiger partial charge in [-0.1, -0.05) is 24.3 Å². The molecule has 1 atom stereocenters. The van der Waals surface area contributed by atoms with Crippen LogP contribution in [-0.2, 0) is 11.3 Å². The van der Waals surface area contributed by atoms with Crippen LogP contribution >= 0.6 is 0 Å². The van der Waals surface area contributed by atoms with Crippen molar-refractivity contribution >= 4 is 11.8 Å². The first-order chi connectivity index (χ1) is 10.0. The number of hydrogen-bond acceptors (Lipinski definition) is 4. The zero-order valence-electron chi connectivity index (χ0n) is 12.1. The number of anilines is 1. The summed E-state index contributed by atoms with van der Waals surface area (Å²) in [7, 11) is 0. The second-order valence-corrected chi connectivity index (χ2v) is 5.38. The van der Waals surface area contributed by atoms with Crippen LogP contribution in [0.2, 0.25) is 0 Å². The third-order valence-electron chi connectivity index (χ3n) is 3.77. The normalized spacial score (nSPS) is 17.4. The largest absolute Gasteiger partial charge is 0.481 e. The summed E-state index contributed by atoms with van der Waals surface area (Å²) in [5.74, 6) is 0.177. The Hall–Kier alpha value is -2.43. The van der Waals surface area contributed by atoms with E-state index < -0.39 is 11.9 Å². The molecule has 0 bridgehead atoms. The van der Waals surface area contributed by atoms with Gasteiger partial charge in [0, 0.05) is 24.8 Å². The van der Waals surface area contributed by atoms with Crippen molar-refractivity contribution in [3.63, 3.8) is 0 Å². The van der Waals surface area contributed by atoms with E-state index in [9.17, 15) is 9.90 Å². The number of carbonyl (C=O) groups is 1. The maximum Gasteiger partial charge on any atom is 0.312 e. The van der Waals surface area contributed by atoms with Gasteiger partial charge in [0.2, 0.25) is 0 Å². The summed E-state index contributed by atoms with van der Waals surface area (Å²) in [5.41, 5.74) is 2.84. The van der Waals surface area contributed by atoms with E-state index >= 15 is 0 Å². The van der Waals surface area contributed by atoms with E-state index in [1.54, 1.807) is 0 Å². The molecule has 2 aromatic rings. The van der Waals surface area contributed by atoms with E-state index in [1.165, 1.54) is 0 Å². The van der Waals surface area contributed by atoms with Crippen molar-refractivity contribution in [1.82, 2.24) is 9.97 Å². The van der Waals surface area contributed by atoms with Gasteiger partial charge in [-0.05, 0) is 25.0 Å². The molecule has 0 saturated heterocycles. The molecule has 0 saturated carbocycles. The molecule has 2 heterocycles. The van der Waals surface area contributed by atoms with Crippen molar-refractivity contribution in [2.45, 2.75) is 26.3 Å². The Morgan fingerprint density at radius 2 is 2.05 bits per heavy atom. The maximum absolute atomic E-state index is 11.6. The molecule has 5 heteroatoms. The summed E-state index contributed by atoms with van der Waals surface area (Å²) >= 11 is 0. The Bertz CT molecular complexity index is 679. The van der Waals surface area contributed by atoms with Gasteiger partial charge in [-0.3, -0.25) is 4.79 Å². The van der Waals surface area contributed by atoms with Crippen LogP contribution in [0.25, 0.3) is 0 Å². The summed E-state index contributed by atoms with van der Waals surface area (Å²) in [6.07, 6.45) is 0. The minimum atomic E-state index is -0.797. The fraction of sp³-hybridized carbons (Fsp3) is 0.312. The van der Waals surface area contributed by atoms with Gasteiger partial charge in [0.1, 0.15) is 11.6 Å². The number of aliphatic carboxylic acids is 1. The van der Waals surface area contributed by atoms with E-state index in [1.807, 2.05) is 49.1 Å². The predicted octanol–water partition coefficient (Wildman–Crippen LogP) is 2.28. The first-order valence-electron chi connectivity index (χ1n) is 6.92. The summed E-state index contributed by atoms with van der Waals surface area (Å²) in [6, 6.07) is 9.63. The van der Waals surface area contributed by atoms with Crippen molar-refractivity contribution in [2.24, 2.45) is 0 Å². The Morgan fingerprint density at radius 3 is 2.76 bits per heavy atom. The van der Waals surface area contributed by atoms with E-state index in [0.29, 0.717) is 18.9 Å². The van der Waals surface area contributed by atoms with Gasteiger partial charge in [-0.2, -0.15) is 0 Å². The van der Waals surface area contributed by atoms with E-state index in [-0.39, 0.29) is 0 Å². The second-order valence-electron chi connectivity index (χ2n) is 5.38. The summed E-state index contributed by atoms with van der Waals surface area (Å²) in [6.45, 7) is 4.88. The lowest BCUT2D eigenvalue weighted by molar-refractivity contribution is -0.138. The molecule has 1 aromatic heterocycles. The summed E-state index contributed by atoms with van der Waals surface area (Å²) in [5, 5.41) is 9.50. The number of aromatic nitrogens is 2. The first-order valence-corrected chi connectivity index (χ1v) is 6.92. The van der Waals surface area contributed by atoms with Crippen LogP contribution in [0.15, 0.2) is 30.3 Å². The van der Waals surface area contributed by atoms with Crippen LogP contribution in [0.1, 0.15) is 28.6 Å². The van der Waals surface area contributed by atoms with Crippen molar-refractivity contribution < 1.29 is 9.90 Å². The predicted molar refractivity (Wildman–Crippen MR) is 79.4 cm³/mol. The molecule has 3 rings (SSSR count). The molecule has 1 N–H and O–H groups in total. The highest BCUT2D eigenvalue weighted by atomic mass is 16.4. The lowest BCUT2D eigenvalue weighted by atomic mass is 9.90. The molecule has 1 unspecified atom stereocenters. The summed E-state index contributed by atoms with van der Waals surface area (Å²) in [4.78, 5) is 22.3. The maximum atomic E-state index is 11.6. The Kier molecular flexibility index (Phi) is 3.33. The number of rotatable bonds is 2. The average molecular weight is 283 g/mol. The SMILES string of the molecule is Cc1cc(N2Cc3ccccc3C(C(=O)O)C2)nc(C)n1. The topological polar surface area (TPSA) is 66.3 Å². The molecule has 0 aliphatic carbocycles. The van der Waals surface area contributed by atoms with Crippen molar-refractivity contribution in [2.75, 3.05) is 11.4 Å². The van der Waals surface area contributed by atoms with E-state index in [4.69, 9.17) is 0 Å². The molecule has 0 amide bonds. The molecular weight excluding hydrogens is 266 g/mol. The van der Waals surface area contributed by atoms with Crippen LogP contribution in [-0.4, -0.2) is 27.6 Å². The highest BCUT2D eigenvalue weighted by Gasteiger charge is 2.30. The number of fused-ring (bicyclic) bond motifs is 1. The number of hydrogen-bond donors (Lipinski definition) is 1. The van der Waals surface area contributed by atoms with Gasteiger partial charge in [0.15, 0.2) is 0 Å². The van der Waals surface area contributed by atoms with Gasteiger partial charge < -0.3 is 10.0 Å². The van der Waals surface area contributed by atoms with E-state index in [2.05, 4.69) is 9.97 Å². The molecule has 1 aromatic carbocycles. The monoisotopic (exact) mass is 283 g/mol. The first kappa shape index (κ1) is 13.5. The fourth-order valence-electron chi connectivity index (χ4n) is 2.85. The summed E-state index contributed by atoms with van der Waals surface area (Å²) < 4.78 is 0. The lowest BCUT2D eigenvalue weighted by Crippen LogP contribution is -2.37. The number of benzene rings is 1. The number of aryl methyl sites for hydroxylation is 2. The van der Waals surface area contributed by atoms with Crippen LogP contribution in [0, 0.1) is 13.8 Å². The minimum absolute atomic E-state index is 0.433. The lowest BCUT2D eigenvalue weighted by Gasteiger charge is -2.33. The van der Waals surface area contributed by atoms with Crippen LogP contribution in [0.4, 0.5) is 5.82 Å². The van der Waals surface area contributed by atoms with E-state index in [0.717, 1.165) is 22.6 Å². The van der Waals surface area contributed by atoms with Gasteiger partial charge in [0.25, 0.3) is 0 Å². The molecule has 21 heavy (non-hydrogen) atoms. The zero-order chi connectivity index (χ0) is 15.0. The smallest absolute Gasteiger partial charge is 0.312 e. The Morgan fingerprint density at radius 1 is 1.29 bits per heavy atom. The van der Waals surface area contributed by atoms with Gasteiger partial charge in [0.05, 0.1) is 5.92 Å². The third kappa shape index (κ3) is 2.59. The Balaban J connectivity index is 2.01. The van der Waals surface area contributed by atoms with Crippen LogP contribution < -0.4 is 4.90 Å². The Labute approximate surface area is 123 Å². The van der Waals surface area contributed by atoms with Gasteiger partial charge in [-0.15, -0.1) is 0 Å². The number of carboxylic acid groups (broad SMARTS) is 1. The molecule has 1 aliphatic heterocycles. The second kappa shape index (κ2) is 5.16. The molecule has 1 aliphatic rings.